The summed E-state index contributed by atoms with van der Waals surface area (Å²) in [6.07, 6.45) is 1.86. The first kappa shape index (κ1) is 18.3. The zero-order valence-electron chi connectivity index (χ0n) is 14.9. The van der Waals surface area contributed by atoms with Crippen LogP contribution in [0.1, 0.15) is 25.5 Å². The van der Waals surface area contributed by atoms with Gasteiger partial charge >= 0.3 is 0 Å². The number of aromatic nitrogens is 3. The van der Waals surface area contributed by atoms with E-state index in [1.54, 1.807) is 4.57 Å². The van der Waals surface area contributed by atoms with Crippen LogP contribution in [0.15, 0.2) is 46.3 Å². The van der Waals surface area contributed by atoms with Crippen molar-refractivity contribution in [2.45, 2.75) is 38.4 Å². The molecule has 2 aromatic heterocycles. The third kappa shape index (κ3) is 4.16. The lowest BCUT2D eigenvalue weighted by atomic mass is 10.3. The number of aromatic amines is 1. The molecule has 1 aromatic carbocycles. The van der Waals surface area contributed by atoms with Gasteiger partial charge in [-0.15, -0.1) is 0 Å². The van der Waals surface area contributed by atoms with E-state index >= 15 is 0 Å². The molecule has 0 bridgehead atoms. The topological polar surface area (TPSA) is 79.8 Å². The number of carbonyl (C=O) groups is 1. The van der Waals surface area contributed by atoms with E-state index in [-0.39, 0.29) is 17.2 Å². The number of carbonyl (C=O) groups excluding carboxylic acids is 1. The SMILES string of the molecule is CCCCn1c(SCC(=O)Nc2ccccc2)nc2cc(C)[nH]c2c1=O. The molecular weight excluding hydrogens is 348 g/mol. The van der Waals surface area contributed by atoms with Gasteiger partial charge in [0.1, 0.15) is 5.52 Å². The van der Waals surface area contributed by atoms with Gasteiger partial charge in [-0.1, -0.05) is 43.3 Å². The number of rotatable bonds is 7. The maximum atomic E-state index is 12.8. The monoisotopic (exact) mass is 370 g/mol. The summed E-state index contributed by atoms with van der Waals surface area (Å²) in [6, 6.07) is 11.2. The largest absolute Gasteiger partial charge is 0.353 e. The van der Waals surface area contributed by atoms with E-state index in [4.69, 9.17) is 0 Å². The molecule has 0 unspecified atom stereocenters. The number of nitrogens with zero attached hydrogens (tertiary/aromatic N) is 2. The van der Waals surface area contributed by atoms with E-state index < -0.39 is 0 Å². The summed E-state index contributed by atoms with van der Waals surface area (Å²) < 4.78 is 1.67. The third-order valence-corrected chi connectivity index (χ3v) is 4.94. The van der Waals surface area contributed by atoms with Gasteiger partial charge in [-0.3, -0.25) is 14.2 Å². The molecule has 26 heavy (non-hydrogen) atoms. The van der Waals surface area contributed by atoms with Crippen LogP contribution in [-0.2, 0) is 11.3 Å². The summed E-state index contributed by atoms with van der Waals surface area (Å²) >= 11 is 1.29. The minimum absolute atomic E-state index is 0.0810. The van der Waals surface area contributed by atoms with E-state index in [0.717, 1.165) is 24.2 Å². The summed E-state index contributed by atoms with van der Waals surface area (Å²) in [7, 11) is 0. The number of hydrogen-bond donors (Lipinski definition) is 2. The number of anilines is 1. The predicted molar refractivity (Wildman–Crippen MR) is 106 cm³/mol. The third-order valence-electron chi connectivity index (χ3n) is 3.96. The molecule has 0 spiro atoms. The quantitative estimate of drug-likeness (QED) is 0.492. The lowest BCUT2D eigenvalue weighted by Gasteiger charge is -2.11. The van der Waals surface area contributed by atoms with Gasteiger partial charge in [0.25, 0.3) is 5.56 Å². The Morgan fingerprint density at radius 1 is 1.31 bits per heavy atom. The standard InChI is InChI=1S/C19H22N4O2S/c1-3-4-10-23-18(25)17-15(11-13(2)20-17)22-19(23)26-12-16(24)21-14-8-6-5-7-9-14/h5-9,11,20H,3-4,10,12H2,1-2H3,(H,21,24). The van der Waals surface area contributed by atoms with Crippen molar-refractivity contribution in [2.24, 2.45) is 0 Å². The summed E-state index contributed by atoms with van der Waals surface area (Å²) in [4.78, 5) is 32.7. The molecule has 1 amide bonds. The average Bonchev–Trinajstić information content (AvgIpc) is 3.01. The summed E-state index contributed by atoms with van der Waals surface area (Å²) in [6.45, 7) is 4.58. The van der Waals surface area contributed by atoms with Crippen LogP contribution in [-0.4, -0.2) is 26.2 Å². The van der Waals surface area contributed by atoms with E-state index in [1.165, 1.54) is 11.8 Å². The number of thioether (sulfide) groups is 1. The summed E-state index contributed by atoms with van der Waals surface area (Å²) in [5.41, 5.74) is 2.74. The fourth-order valence-corrected chi connectivity index (χ4v) is 3.51. The van der Waals surface area contributed by atoms with Crippen molar-refractivity contribution in [3.63, 3.8) is 0 Å². The predicted octanol–water partition coefficient (Wildman–Crippen LogP) is 3.56. The number of nitrogens with one attached hydrogen (secondary N) is 2. The number of benzene rings is 1. The van der Waals surface area contributed by atoms with E-state index in [2.05, 4.69) is 22.2 Å². The highest BCUT2D eigenvalue weighted by molar-refractivity contribution is 7.99. The molecule has 0 aliphatic heterocycles. The van der Waals surface area contributed by atoms with Crippen LogP contribution < -0.4 is 10.9 Å². The highest BCUT2D eigenvalue weighted by atomic mass is 32.2. The van der Waals surface area contributed by atoms with Gasteiger partial charge in [0, 0.05) is 17.9 Å². The number of H-pyrrole nitrogens is 1. The van der Waals surface area contributed by atoms with E-state index in [9.17, 15) is 9.59 Å². The minimum Gasteiger partial charge on any atom is -0.353 e. The van der Waals surface area contributed by atoms with Crippen LogP contribution in [0, 0.1) is 6.92 Å². The first-order valence-electron chi connectivity index (χ1n) is 8.66. The first-order valence-corrected chi connectivity index (χ1v) is 9.65. The zero-order chi connectivity index (χ0) is 18.5. The number of hydrogen-bond acceptors (Lipinski definition) is 4. The molecule has 0 saturated heterocycles. The molecule has 0 fully saturated rings. The summed E-state index contributed by atoms with van der Waals surface area (Å²) in [5, 5.41) is 3.43. The Morgan fingerprint density at radius 2 is 2.08 bits per heavy atom. The smallest absolute Gasteiger partial charge is 0.278 e. The van der Waals surface area contributed by atoms with Crippen molar-refractivity contribution < 1.29 is 4.79 Å². The molecule has 2 N–H and O–H groups in total. The van der Waals surface area contributed by atoms with Crippen molar-refractivity contribution in [3.8, 4) is 0 Å². The number of unbranched alkanes of at least 4 members (excludes halogenated alkanes) is 1. The fraction of sp³-hybridized carbons (Fsp3) is 0.316. The van der Waals surface area contributed by atoms with Crippen LogP contribution >= 0.6 is 11.8 Å². The molecule has 3 rings (SSSR count). The zero-order valence-corrected chi connectivity index (χ0v) is 15.7. The van der Waals surface area contributed by atoms with Gasteiger partial charge in [-0.25, -0.2) is 4.98 Å². The van der Waals surface area contributed by atoms with Crippen molar-refractivity contribution in [1.82, 2.24) is 14.5 Å². The Balaban J connectivity index is 1.81. The molecule has 2 heterocycles. The molecule has 3 aromatic rings. The Labute approximate surface area is 156 Å². The van der Waals surface area contributed by atoms with E-state index in [1.807, 2.05) is 43.3 Å². The van der Waals surface area contributed by atoms with Crippen molar-refractivity contribution >= 4 is 34.4 Å². The second-order valence-electron chi connectivity index (χ2n) is 6.12. The van der Waals surface area contributed by atoms with Crippen LogP contribution in [0.3, 0.4) is 0 Å². The number of para-hydroxylation sites is 1. The van der Waals surface area contributed by atoms with Gasteiger partial charge in [-0.05, 0) is 31.5 Å². The second kappa shape index (κ2) is 8.23. The number of amides is 1. The molecule has 0 atom stereocenters. The van der Waals surface area contributed by atoms with Crippen LogP contribution in [0.5, 0.6) is 0 Å². The molecule has 6 nitrogen and oxygen atoms in total. The molecule has 7 heteroatoms. The summed E-state index contributed by atoms with van der Waals surface area (Å²) in [5.74, 6) is 0.0744. The lowest BCUT2D eigenvalue weighted by Crippen LogP contribution is -2.24. The molecular formula is C19H22N4O2S. The Kier molecular flexibility index (Phi) is 5.78. The number of fused-ring (bicyclic) bond motifs is 1. The normalized spacial score (nSPS) is 11.0. The number of aryl methyl sites for hydroxylation is 1. The van der Waals surface area contributed by atoms with Crippen molar-refractivity contribution in [1.29, 1.82) is 0 Å². The Bertz CT molecular complexity index is 963. The van der Waals surface area contributed by atoms with Gasteiger partial charge in [0.15, 0.2) is 5.16 Å². The Morgan fingerprint density at radius 3 is 2.81 bits per heavy atom. The van der Waals surface area contributed by atoms with Gasteiger partial charge in [0.2, 0.25) is 5.91 Å². The van der Waals surface area contributed by atoms with Crippen LogP contribution in [0.4, 0.5) is 5.69 Å². The van der Waals surface area contributed by atoms with Crippen molar-refractivity contribution in [3.05, 3.63) is 52.4 Å². The second-order valence-corrected chi connectivity index (χ2v) is 7.06. The molecule has 0 radical (unpaired) electrons. The maximum Gasteiger partial charge on any atom is 0.278 e. The van der Waals surface area contributed by atoms with Crippen LogP contribution in [0.25, 0.3) is 11.0 Å². The Hall–Kier alpha value is -2.54. The molecule has 0 aliphatic carbocycles. The highest BCUT2D eigenvalue weighted by Crippen LogP contribution is 2.19. The molecule has 136 valence electrons. The fourth-order valence-electron chi connectivity index (χ4n) is 2.68. The van der Waals surface area contributed by atoms with Crippen LogP contribution in [0.2, 0.25) is 0 Å². The van der Waals surface area contributed by atoms with E-state index in [0.29, 0.717) is 22.7 Å². The van der Waals surface area contributed by atoms with Gasteiger partial charge < -0.3 is 10.3 Å². The van der Waals surface area contributed by atoms with Gasteiger partial charge in [0.05, 0.1) is 11.3 Å². The minimum atomic E-state index is -0.122. The average molecular weight is 370 g/mol. The van der Waals surface area contributed by atoms with Crippen molar-refractivity contribution in [2.75, 3.05) is 11.1 Å². The molecule has 0 saturated carbocycles. The van der Waals surface area contributed by atoms with Gasteiger partial charge in [-0.2, -0.15) is 0 Å². The highest BCUT2D eigenvalue weighted by Gasteiger charge is 2.14. The maximum absolute atomic E-state index is 12.8. The molecule has 0 aliphatic rings. The first-order chi connectivity index (χ1) is 12.6. The lowest BCUT2D eigenvalue weighted by molar-refractivity contribution is -0.113.